The van der Waals surface area contributed by atoms with Crippen LogP contribution in [0.1, 0.15) is 34.6 Å². The van der Waals surface area contributed by atoms with E-state index < -0.39 is 0 Å². The number of nitrogens with zero attached hydrogens (tertiary/aromatic N) is 1. The fraction of sp³-hybridized carbons (Fsp3) is 0.200. The topological polar surface area (TPSA) is 77.2 Å². The summed E-state index contributed by atoms with van der Waals surface area (Å²) < 4.78 is 5.41. The molecule has 0 bridgehead atoms. The molecule has 2 aromatic carbocycles. The number of ketones is 1. The number of aromatic nitrogens is 1. The number of ether oxygens (including phenoxy) is 1. The molecule has 1 aromatic heterocycles. The number of para-hydroxylation sites is 1. The zero-order valence-corrected chi connectivity index (χ0v) is 15.6. The number of thiazole rings is 1. The van der Waals surface area contributed by atoms with Gasteiger partial charge in [0.15, 0.2) is 5.13 Å². The Morgan fingerprint density at radius 2 is 1.88 bits per heavy atom. The van der Waals surface area contributed by atoms with Crippen molar-refractivity contribution in [2.75, 3.05) is 17.7 Å². The molecule has 0 saturated heterocycles. The average molecular weight is 367 g/mol. The fourth-order valence-electron chi connectivity index (χ4n) is 2.61. The van der Waals surface area contributed by atoms with E-state index in [1.165, 1.54) is 16.9 Å². The smallest absolute Gasteiger partial charge is 0.206 e. The van der Waals surface area contributed by atoms with E-state index in [9.17, 15) is 4.79 Å². The molecular formula is C20H21N3O2S. The largest absolute Gasteiger partial charge is 0.494 e. The van der Waals surface area contributed by atoms with Gasteiger partial charge in [0, 0.05) is 11.3 Å². The van der Waals surface area contributed by atoms with Crippen molar-refractivity contribution < 1.29 is 9.53 Å². The second-order valence-electron chi connectivity index (χ2n) is 5.66. The first-order valence-corrected chi connectivity index (χ1v) is 9.32. The van der Waals surface area contributed by atoms with Gasteiger partial charge in [0.25, 0.3) is 0 Å². The minimum absolute atomic E-state index is 0.139. The van der Waals surface area contributed by atoms with Crippen LogP contribution in [0.4, 0.5) is 16.6 Å². The summed E-state index contributed by atoms with van der Waals surface area (Å²) in [5.41, 5.74) is 8.71. The summed E-state index contributed by atoms with van der Waals surface area (Å²) in [6.07, 6.45) is 0.905. The van der Waals surface area contributed by atoms with Gasteiger partial charge in [-0.2, -0.15) is 0 Å². The summed E-state index contributed by atoms with van der Waals surface area (Å²) in [5, 5.41) is 3.88. The van der Waals surface area contributed by atoms with E-state index >= 15 is 0 Å². The second kappa shape index (κ2) is 8.01. The maximum Gasteiger partial charge on any atom is 0.206 e. The van der Waals surface area contributed by atoms with Gasteiger partial charge in [-0.3, -0.25) is 4.79 Å². The molecule has 26 heavy (non-hydrogen) atoms. The van der Waals surface area contributed by atoms with Gasteiger partial charge in [-0.05, 0) is 49.2 Å². The van der Waals surface area contributed by atoms with Crippen molar-refractivity contribution in [2.45, 2.75) is 20.3 Å². The van der Waals surface area contributed by atoms with E-state index in [0.29, 0.717) is 22.2 Å². The maximum absolute atomic E-state index is 12.7. The molecule has 0 saturated carbocycles. The summed E-state index contributed by atoms with van der Waals surface area (Å²) >= 11 is 1.26. The number of anilines is 3. The van der Waals surface area contributed by atoms with E-state index in [1.807, 2.05) is 25.1 Å². The Balaban J connectivity index is 1.82. The first-order valence-electron chi connectivity index (χ1n) is 8.51. The van der Waals surface area contributed by atoms with Crippen LogP contribution in [0.2, 0.25) is 0 Å². The zero-order chi connectivity index (χ0) is 18.5. The highest BCUT2D eigenvalue weighted by Crippen LogP contribution is 2.31. The number of nitrogens with two attached hydrogens (primary N) is 1. The van der Waals surface area contributed by atoms with Gasteiger partial charge in [-0.15, -0.1) is 0 Å². The minimum Gasteiger partial charge on any atom is -0.494 e. The number of carbonyl (C=O) groups excluding carboxylic acids is 1. The lowest BCUT2D eigenvalue weighted by atomic mass is 10.1. The lowest BCUT2D eigenvalue weighted by molar-refractivity contribution is 0.104. The van der Waals surface area contributed by atoms with Gasteiger partial charge < -0.3 is 15.8 Å². The summed E-state index contributed by atoms with van der Waals surface area (Å²) in [6, 6.07) is 15.1. The molecule has 0 aliphatic carbocycles. The van der Waals surface area contributed by atoms with Crippen molar-refractivity contribution in [2.24, 2.45) is 0 Å². The van der Waals surface area contributed by atoms with Crippen molar-refractivity contribution in [1.29, 1.82) is 0 Å². The van der Waals surface area contributed by atoms with Gasteiger partial charge in [0.05, 0.1) is 6.61 Å². The van der Waals surface area contributed by atoms with Crippen molar-refractivity contribution >= 4 is 33.8 Å². The minimum atomic E-state index is -0.139. The molecule has 0 radical (unpaired) electrons. The molecule has 0 unspecified atom stereocenters. The molecular weight excluding hydrogens is 346 g/mol. The highest BCUT2D eigenvalue weighted by atomic mass is 32.1. The van der Waals surface area contributed by atoms with Crippen molar-refractivity contribution in [3.05, 3.63) is 64.5 Å². The van der Waals surface area contributed by atoms with E-state index in [4.69, 9.17) is 10.5 Å². The predicted molar refractivity (Wildman–Crippen MR) is 107 cm³/mol. The fourth-order valence-corrected chi connectivity index (χ4v) is 3.47. The van der Waals surface area contributed by atoms with Crippen LogP contribution in [-0.4, -0.2) is 17.4 Å². The number of nitrogen functional groups attached to an aromatic ring is 1. The number of rotatable bonds is 7. The number of nitrogens with one attached hydrogen (secondary N) is 1. The van der Waals surface area contributed by atoms with E-state index in [0.717, 1.165) is 17.9 Å². The van der Waals surface area contributed by atoms with Crippen LogP contribution in [0.3, 0.4) is 0 Å². The monoisotopic (exact) mass is 367 g/mol. The van der Waals surface area contributed by atoms with Crippen molar-refractivity contribution in [3.63, 3.8) is 0 Å². The Labute approximate surface area is 156 Å². The third-order valence-electron chi connectivity index (χ3n) is 3.93. The Morgan fingerprint density at radius 1 is 1.15 bits per heavy atom. The van der Waals surface area contributed by atoms with Gasteiger partial charge in [-0.1, -0.05) is 36.5 Å². The second-order valence-corrected chi connectivity index (χ2v) is 6.65. The lowest BCUT2D eigenvalue weighted by Gasteiger charge is -2.07. The highest BCUT2D eigenvalue weighted by molar-refractivity contribution is 7.18. The SMILES string of the molecule is CCOc1ccc(C(=O)c2sc(Nc3ccccc3CC)nc2N)cc1. The summed E-state index contributed by atoms with van der Waals surface area (Å²) in [6.45, 7) is 4.60. The molecule has 0 spiro atoms. The average Bonchev–Trinajstić information content (AvgIpc) is 3.02. The standard InChI is InChI=1S/C20H21N3O2S/c1-3-13-7-5-6-8-16(13)22-20-23-19(21)18(26-20)17(24)14-9-11-15(12-10-14)25-4-2/h5-12H,3-4,21H2,1-2H3,(H,22,23). The summed E-state index contributed by atoms with van der Waals surface area (Å²) in [4.78, 5) is 17.5. The molecule has 0 amide bonds. The van der Waals surface area contributed by atoms with Crippen LogP contribution in [0.5, 0.6) is 5.75 Å². The Hall–Kier alpha value is -2.86. The van der Waals surface area contributed by atoms with Gasteiger partial charge in [0.1, 0.15) is 16.4 Å². The van der Waals surface area contributed by atoms with Crippen LogP contribution in [0, 0.1) is 0 Å². The third kappa shape index (κ3) is 3.86. The predicted octanol–water partition coefficient (Wildman–Crippen LogP) is 4.66. The lowest BCUT2D eigenvalue weighted by Crippen LogP contribution is -2.02. The molecule has 6 heteroatoms. The molecule has 0 fully saturated rings. The number of hydrogen-bond acceptors (Lipinski definition) is 6. The molecule has 0 aliphatic heterocycles. The molecule has 5 nitrogen and oxygen atoms in total. The first-order chi connectivity index (χ1) is 12.6. The number of carbonyl (C=O) groups is 1. The van der Waals surface area contributed by atoms with E-state index in [2.05, 4.69) is 23.3 Å². The molecule has 3 aromatic rings. The number of benzene rings is 2. The Kier molecular flexibility index (Phi) is 5.53. The van der Waals surface area contributed by atoms with Crippen molar-refractivity contribution in [3.8, 4) is 5.75 Å². The van der Waals surface area contributed by atoms with Crippen LogP contribution < -0.4 is 15.8 Å². The van der Waals surface area contributed by atoms with Gasteiger partial charge in [-0.25, -0.2) is 4.98 Å². The third-order valence-corrected chi connectivity index (χ3v) is 4.91. The van der Waals surface area contributed by atoms with Gasteiger partial charge >= 0.3 is 0 Å². The zero-order valence-electron chi connectivity index (χ0n) is 14.8. The van der Waals surface area contributed by atoms with Crippen molar-refractivity contribution in [1.82, 2.24) is 4.98 Å². The molecule has 3 N–H and O–H groups in total. The van der Waals surface area contributed by atoms with Crippen LogP contribution >= 0.6 is 11.3 Å². The van der Waals surface area contributed by atoms with Crippen LogP contribution in [0.15, 0.2) is 48.5 Å². The Bertz CT molecular complexity index is 904. The molecule has 0 aliphatic rings. The van der Waals surface area contributed by atoms with E-state index in [1.54, 1.807) is 24.3 Å². The number of hydrogen-bond donors (Lipinski definition) is 2. The number of aryl methyl sites for hydroxylation is 1. The van der Waals surface area contributed by atoms with E-state index in [-0.39, 0.29) is 11.6 Å². The molecule has 3 rings (SSSR count). The van der Waals surface area contributed by atoms with Crippen LogP contribution in [-0.2, 0) is 6.42 Å². The normalized spacial score (nSPS) is 10.5. The summed E-state index contributed by atoms with van der Waals surface area (Å²) in [7, 11) is 0. The quantitative estimate of drug-likeness (QED) is 0.594. The first kappa shape index (κ1) is 17.9. The maximum atomic E-state index is 12.7. The highest BCUT2D eigenvalue weighted by Gasteiger charge is 2.18. The molecule has 0 atom stereocenters. The molecule has 1 heterocycles. The van der Waals surface area contributed by atoms with Gasteiger partial charge in [0.2, 0.25) is 5.78 Å². The Morgan fingerprint density at radius 3 is 2.58 bits per heavy atom. The molecule has 134 valence electrons. The van der Waals surface area contributed by atoms with Crippen LogP contribution in [0.25, 0.3) is 0 Å². The summed E-state index contributed by atoms with van der Waals surface area (Å²) in [5.74, 6) is 0.838.